The van der Waals surface area contributed by atoms with E-state index in [0.29, 0.717) is 17.9 Å². The minimum atomic E-state index is -3.73. The van der Waals surface area contributed by atoms with Crippen molar-refractivity contribution in [1.82, 2.24) is 9.21 Å². The minimum absolute atomic E-state index is 0.112. The molecule has 1 N–H and O–H groups in total. The van der Waals surface area contributed by atoms with Crippen LogP contribution in [0.25, 0.3) is 0 Å². The number of amides is 1. The van der Waals surface area contributed by atoms with Gasteiger partial charge in [-0.15, -0.1) is 0 Å². The summed E-state index contributed by atoms with van der Waals surface area (Å²) in [5, 5.41) is 10.1. The number of anilines is 1. The van der Waals surface area contributed by atoms with Gasteiger partial charge >= 0.3 is 0 Å². The Bertz CT molecular complexity index is 1250. The molecular weight excluding hydrogens is 542 g/mol. The summed E-state index contributed by atoms with van der Waals surface area (Å²) in [6.45, 7) is 8.32. The Labute approximate surface area is 246 Å². The number of ether oxygens (including phenoxy) is 2. The van der Waals surface area contributed by atoms with Gasteiger partial charge in [-0.05, 0) is 70.4 Å². The summed E-state index contributed by atoms with van der Waals surface area (Å²) in [6, 6.07) is 11.9. The first kappa shape index (κ1) is 32.8. The van der Waals surface area contributed by atoms with Crippen molar-refractivity contribution in [2.75, 3.05) is 52.3 Å². The van der Waals surface area contributed by atoms with Gasteiger partial charge in [-0.25, -0.2) is 8.42 Å². The number of carbonyl (C=O) groups excluding carboxylic acids is 1. The number of benzene rings is 2. The lowest BCUT2D eigenvalue weighted by molar-refractivity contribution is -0.00833. The normalized spacial score (nSPS) is 22.0. The molecular formula is C31H47N3O6S. The number of aliphatic hydroxyl groups is 1. The average molecular weight is 590 g/mol. The summed E-state index contributed by atoms with van der Waals surface area (Å²) in [7, 11) is 1.66. The van der Waals surface area contributed by atoms with Gasteiger partial charge in [0.15, 0.2) is 0 Å². The zero-order valence-corrected chi connectivity index (χ0v) is 26.4. The van der Waals surface area contributed by atoms with Crippen LogP contribution in [0.3, 0.4) is 0 Å². The zero-order chi connectivity index (χ0) is 30.3. The molecule has 1 heterocycles. The maximum Gasteiger partial charge on any atom is 0.258 e. The van der Waals surface area contributed by atoms with Crippen LogP contribution in [0.15, 0.2) is 47.4 Å². The molecule has 0 aromatic heterocycles. The van der Waals surface area contributed by atoms with E-state index in [1.54, 1.807) is 43.1 Å². The molecule has 4 atom stereocenters. The Hall–Kier alpha value is -2.66. The first-order valence-corrected chi connectivity index (χ1v) is 15.8. The SMILES string of the molecule is Cc1ccc(S(=O)(=O)N(C)C[C@H]2OCCCC[C@@H](C)Oc3ccc(N(C)C)cc3C(=O)N([C@@H](C)CO)C[C@@H]2C)cc1. The van der Waals surface area contributed by atoms with Crippen molar-refractivity contribution in [3.63, 3.8) is 0 Å². The Morgan fingerprint density at radius 1 is 1.07 bits per heavy atom. The number of hydrogen-bond acceptors (Lipinski definition) is 7. The highest BCUT2D eigenvalue weighted by Gasteiger charge is 2.32. The van der Waals surface area contributed by atoms with E-state index in [1.165, 1.54) is 4.31 Å². The van der Waals surface area contributed by atoms with E-state index >= 15 is 0 Å². The number of nitrogens with zero attached hydrogens (tertiary/aromatic N) is 3. The monoisotopic (exact) mass is 589 g/mol. The summed E-state index contributed by atoms with van der Waals surface area (Å²) in [5.74, 6) is 0.0392. The lowest BCUT2D eigenvalue weighted by Gasteiger charge is -2.35. The molecule has 0 fully saturated rings. The number of fused-ring (bicyclic) bond motifs is 1. The van der Waals surface area contributed by atoms with Crippen molar-refractivity contribution in [1.29, 1.82) is 0 Å². The fourth-order valence-corrected chi connectivity index (χ4v) is 6.08. The molecule has 0 spiro atoms. The summed E-state index contributed by atoms with van der Waals surface area (Å²) in [6.07, 6.45) is 1.87. The van der Waals surface area contributed by atoms with Crippen LogP contribution in [0.5, 0.6) is 5.75 Å². The summed E-state index contributed by atoms with van der Waals surface area (Å²) < 4.78 is 40.6. The van der Waals surface area contributed by atoms with Crippen LogP contribution < -0.4 is 9.64 Å². The number of likely N-dealkylation sites (N-methyl/N-ethyl adjacent to an activating group) is 1. The second-order valence-electron chi connectivity index (χ2n) is 11.5. The first-order chi connectivity index (χ1) is 19.3. The summed E-state index contributed by atoms with van der Waals surface area (Å²) >= 11 is 0. The number of carbonyl (C=O) groups is 1. The minimum Gasteiger partial charge on any atom is -0.490 e. The van der Waals surface area contributed by atoms with Gasteiger partial charge in [0.1, 0.15) is 5.75 Å². The molecule has 41 heavy (non-hydrogen) atoms. The third-order valence-electron chi connectivity index (χ3n) is 7.72. The Morgan fingerprint density at radius 2 is 1.76 bits per heavy atom. The average Bonchev–Trinajstić information content (AvgIpc) is 2.93. The number of rotatable bonds is 7. The molecule has 228 valence electrons. The zero-order valence-electron chi connectivity index (χ0n) is 25.5. The largest absolute Gasteiger partial charge is 0.490 e. The summed E-state index contributed by atoms with van der Waals surface area (Å²) in [5.41, 5.74) is 2.28. The third-order valence-corrected chi connectivity index (χ3v) is 9.56. The van der Waals surface area contributed by atoms with Gasteiger partial charge in [0, 0.05) is 52.4 Å². The van der Waals surface area contributed by atoms with Gasteiger partial charge in [0.25, 0.3) is 5.91 Å². The molecule has 0 unspecified atom stereocenters. The van der Waals surface area contributed by atoms with E-state index in [4.69, 9.17) is 9.47 Å². The van der Waals surface area contributed by atoms with Crippen LogP contribution in [0.2, 0.25) is 0 Å². The quantitative estimate of drug-likeness (QED) is 0.517. The van der Waals surface area contributed by atoms with Gasteiger partial charge in [0.05, 0.1) is 35.3 Å². The lowest BCUT2D eigenvalue weighted by Crippen LogP contribution is -2.48. The number of aliphatic hydroxyl groups excluding tert-OH is 1. The van der Waals surface area contributed by atoms with Gasteiger partial charge in [-0.3, -0.25) is 4.79 Å². The lowest BCUT2D eigenvalue weighted by atomic mass is 10.0. The summed E-state index contributed by atoms with van der Waals surface area (Å²) in [4.78, 5) is 17.9. The molecule has 2 aromatic carbocycles. The Balaban J connectivity index is 1.96. The highest BCUT2D eigenvalue weighted by Crippen LogP contribution is 2.29. The van der Waals surface area contributed by atoms with E-state index in [2.05, 4.69) is 0 Å². The molecule has 10 heteroatoms. The van der Waals surface area contributed by atoms with Crippen LogP contribution in [-0.4, -0.2) is 94.3 Å². The molecule has 0 saturated carbocycles. The van der Waals surface area contributed by atoms with Crippen molar-refractivity contribution in [2.24, 2.45) is 5.92 Å². The first-order valence-electron chi connectivity index (χ1n) is 14.4. The van der Waals surface area contributed by atoms with Gasteiger partial charge < -0.3 is 24.4 Å². The van der Waals surface area contributed by atoms with E-state index < -0.39 is 22.2 Å². The van der Waals surface area contributed by atoms with Crippen molar-refractivity contribution in [3.8, 4) is 5.75 Å². The smallest absolute Gasteiger partial charge is 0.258 e. The number of hydrogen-bond donors (Lipinski definition) is 1. The Morgan fingerprint density at radius 3 is 2.39 bits per heavy atom. The fourth-order valence-electron chi connectivity index (χ4n) is 4.89. The van der Waals surface area contributed by atoms with Crippen LogP contribution in [0.1, 0.15) is 56.0 Å². The highest BCUT2D eigenvalue weighted by atomic mass is 32.2. The Kier molecular flexibility index (Phi) is 11.6. The van der Waals surface area contributed by atoms with Gasteiger partial charge in [-0.1, -0.05) is 24.6 Å². The standard InChI is InChI=1S/C31H47N3O6S/c1-22-11-14-27(15-12-22)41(37,38)33(7)20-30-23(2)19-34(24(3)21-35)31(36)28-18-26(32(5)6)13-16-29(28)40-25(4)10-8-9-17-39-30/h11-16,18,23-25,30,35H,8-10,17,19-21H2,1-7H3/t23-,24-,25+,30+/m0/s1. The van der Waals surface area contributed by atoms with E-state index in [1.807, 2.05) is 58.0 Å². The molecule has 9 nitrogen and oxygen atoms in total. The second kappa shape index (κ2) is 14.5. The van der Waals surface area contributed by atoms with Crippen LogP contribution in [0, 0.1) is 12.8 Å². The maximum atomic E-state index is 14.1. The third kappa shape index (κ3) is 8.44. The molecule has 1 aliphatic heterocycles. The number of aryl methyl sites for hydroxylation is 1. The molecule has 0 aliphatic carbocycles. The number of sulfonamides is 1. The molecule has 2 aromatic rings. The molecule has 0 radical (unpaired) electrons. The van der Waals surface area contributed by atoms with E-state index in [9.17, 15) is 18.3 Å². The van der Waals surface area contributed by atoms with E-state index in [0.717, 1.165) is 30.5 Å². The molecule has 0 saturated heterocycles. The fraction of sp³-hybridized carbons (Fsp3) is 0.581. The predicted molar refractivity (Wildman–Crippen MR) is 162 cm³/mol. The van der Waals surface area contributed by atoms with Gasteiger partial charge in [0.2, 0.25) is 10.0 Å². The van der Waals surface area contributed by atoms with Crippen LogP contribution in [-0.2, 0) is 14.8 Å². The van der Waals surface area contributed by atoms with Crippen molar-refractivity contribution in [2.45, 2.75) is 70.1 Å². The maximum absolute atomic E-state index is 14.1. The topological polar surface area (TPSA) is 99.6 Å². The van der Waals surface area contributed by atoms with Crippen LogP contribution >= 0.6 is 0 Å². The van der Waals surface area contributed by atoms with E-state index in [-0.39, 0.29) is 42.5 Å². The van der Waals surface area contributed by atoms with Crippen molar-refractivity contribution < 1.29 is 27.8 Å². The van der Waals surface area contributed by atoms with Crippen LogP contribution in [0.4, 0.5) is 5.69 Å². The molecule has 1 amide bonds. The molecule has 0 bridgehead atoms. The highest BCUT2D eigenvalue weighted by molar-refractivity contribution is 7.89. The molecule has 1 aliphatic rings. The van der Waals surface area contributed by atoms with Gasteiger partial charge in [-0.2, -0.15) is 4.31 Å². The van der Waals surface area contributed by atoms with Crippen molar-refractivity contribution in [3.05, 3.63) is 53.6 Å². The second-order valence-corrected chi connectivity index (χ2v) is 13.5. The predicted octanol–water partition coefficient (Wildman–Crippen LogP) is 4.18. The molecule has 3 rings (SSSR count). The van der Waals surface area contributed by atoms with Crippen molar-refractivity contribution >= 4 is 21.6 Å².